The van der Waals surface area contributed by atoms with Crippen LogP contribution in [0.4, 0.5) is 5.69 Å². The summed E-state index contributed by atoms with van der Waals surface area (Å²) in [7, 11) is 1.59. The lowest BCUT2D eigenvalue weighted by molar-refractivity contribution is 0.102. The van der Waals surface area contributed by atoms with Crippen LogP contribution >= 0.6 is 0 Å². The molecular weight excluding hydrogens is 372 g/mol. The summed E-state index contributed by atoms with van der Waals surface area (Å²) in [5.41, 5.74) is 3.66. The van der Waals surface area contributed by atoms with Gasteiger partial charge in [0.05, 0.1) is 12.7 Å². The molecule has 1 amide bonds. The predicted molar refractivity (Wildman–Crippen MR) is 124 cm³/mol. The molecule has 148 valence electrons. The highest BCUT2D eigenvalue weighted by atomic mass is 16.5. The van der Waals surface area contributed by atoms with Crippen LogP contribution in [-0.4, -0.2) is 17.6 Å². The van der Waals surface area contributed by atoms with Crippen LogP contribution < -0.4 is 10.1 Å². The first kappa shape index (κ1) is 18.3. The van der Waals surface area contributed by atoms with Crippen LogP contribution in [0.2, 0.25) is 0 Å². The van der Waals surface area contributed by atoms with Crippen molar-refractivity contribution in [3.63, 3.8) is 0 Å². The number of carbonyl (C=O) groups excluding carboxylic acids is 1. The summed E-state index contributed by atoms with van der Waals surface area (Å²) in [5, 5.41) is 7.42. The fourth-order valence-corrected chi connectivity index (χ4v) is 4.24. The van der Waals surface area contributed by atoms with Crippen LogP contribution in [0.3, 0.4) is 0 Å². The van der Waals surface area contributed by atoms with Gasteiger partial charge in [-0.2, -0.15) is 0 Å². The third-order valence-corrected chi connectivity index (χ3v) is 5.66. The zero-order chi connectivity index (χ0) is 20.7. The topological polar surface area (TPSA) is 43.3 Å². The van der Waals surface area contributed by atoms with Crippen molar-refractivity contribution in [3.8, 4) is 5.75 Å². The number of ether oxygens (including phenoxy) is 1. The summed E-state index contributed by atoms with van der Waals surface area (Å²) < 4.78 is 7.79. The molecule has 5 aromatic rings. The third-order valence-electron chi connectivity index (χ3n) is 5.66. The Bertz CT molecular complexity index is 1420. The molecule has 0 unspecified atom stereocenters. The van der Waals surface area contributed by atoms with Crippen LogP contribution in [0.25, 0.3) is 32.6 Å². The Morgan fingerprint density at radius 2 is 1.57 bits per heavy atom. The Balaban J connectivity index is 1.57. The quantitative estimate of drug-likeness (QED) is 0.393. The summed E-state index contributed by atoms with van der Waals surface area (Å²) in [5.74, 6) is 0.381. The number of fused-ring (bicyclic) bond motifs is 4. The van der Waals surface area contributed by atoms with E-state index in [1.807, 2.05) is 48.5 Å². The number of hydrogen-bond acceptors (Lipinski definition) is 2. The van der Waals surface area contributed by atoms with Crippen LogP contribution in [0.5, 0.6) is 5.75 Å². The van der Waals surface area contributed by atoms with E-state index in [2.05, 4.69) is 47.1 Å². The summed E-state index contributed by atoms with van der Waals surface area (Å²) in [6, 6.07) is 26.2. The number of methoxy groups -OCH3 is 1. The van der Waals surface area contributed by atoms with E-state index in [4.69, 9.17) is 4.74 Å². The monoisotopic (exact) mass is 394 g/mol. The molecular formula is C26H22N2O2. The molecule has 1 N–H and O–H groups in total. The summed E-state index contributed by atoms with van der Waals surface area (Å²) in [6.45, 7) is 3.04. The van der Waals surface area contributed by atoms with Crippen LogP contribution in [0, 0.1) is 0 Å². The van der Waals surface area contributed by atoms with Gasteiger partial charge in [0, 0.05) is 34.0 Å². The molecule has 5 rings (SSSR count). The Morgan fingerprint density at radius 1 is 0.867 bits per heavy atom. The maximum absolute atomic E-state index is 13.1. The van der Waals surface area contributed by atoms with E-state index in [9.17, 15) is 4.79 Å². The molecule has 1 heterocycles. The maximum atomic E-state index is 13.1. The number of aryl methyl sites for hydroxylation is 1. The molecule has 0 radical (unpaired) electrons. The molecule has 4 aromatic carbocycles. The molecule has 0 atom stereocenters. The van der Waals surface area contributed by atoms with Crippen LogP contribution in [0.15, 0.2) is 78.9 Å². The molecule has 0 aliphatic rings. The average molecular weight is 394 g/mol. The van der Waals surface area contributed by atoms with E-state index in [0.29, 0.717) is 11.3 Å². The smallest absolute Gasteiger partial charge is 0.259 e. The molecule has 4 nitrogen and oxygen atoms in total. The van der Waals surface area contributed by atoms with E-state index >= 15 is 0 Å². The van der Waals surface area contributed by atoms with E-state index in [-0.39, 0.29) is 5.91 Å². The number of carbonyl (C=O) groups is 1. The summed E-state index contributed by atoms with van der Waals surface area (Å²) in [4.78, 5) is 13.1. The van der Waals surface area contributed by atoms with Crippen molar-refractivity contribution in [2.24, 2.45) is 0 Å². The zero-order valence-corrected chi connectivity index (χ0v) is 17.0. The van der Waals surface area contributed by atoms with Crippen molar-refractivity contribution in [1.29, 1.82) is 0 Å². The minimum absolute atomic E-state index is 0.184. The second-order valence-electron chi connectivity index (χ2n) is 7.35. The number of benzene rings is 4. The molecule has 0 bridgehead atoms. The molecule has 0 saturated carbocycles. The van der Waals surface area contributed by atoms with E-state index in [1.165, 1.54) is 16.4 Å². The fraction of sp³-hybridized carbons (Fsp3) is 0.115. The molecule has 30 heavy (non-hydrogen) atoms. The van der Waals surface area contributed by atoms with Gasteiger partial charge in [0.1, 0.15) is 5.75 Å². The van der Waals surface area contributed by atoms with Crippen molar-refractivity contribution in [2.75, 3.05) is 12.4 Å². The number of aromatic nitrogens is 1. The largest absolute Gasteiger partial charge is 0.496 e. The number of hydrogen-bond donors (Lipinski definition) is 1. The summed E-state index contributed by atoms with van der Waals surface area (Å²) in [6.07, 6.45) is 0. The first-order valence-electron chi connectivity index (χ1n) is 10.1. The van der Waals surface area contributed by atoms with Gasteiger partial charge in [-0.25, -0.2) is 0 Å². The van der Waals surface area contributed by atoms with Crippen molar-refractivity contribution < 1.29 is 9.53 Å². The molecule has 0 aliphatic heterocycles. The zero-order valence-electron chi connectivity index (χ0n) is 17.0. The number of rotatable bonds is 4. The maximum Gasteiger partial charge on any atom is 0.259 e. The van der Waals surface area contributed by atoms with Gasteiger partial charge in [0.25, 0.3) is 5.91 Å². The third kappa shape index (κ3) is 2.89. The van der Waals surface area contributed by atoms with Gasteiger partial charge in [-0.3, -0.25) is 4.79 Å². The van der Waals surface area contributed by atoms with Gasteiger partial charge >= 0.3 is 0 Å². The molecule has 1 aromatic heterocycles. The Labute approximate surface area is 174 Å². The lowest BCUT2D eigenvalue weighted by Crippen LogP contribution is -2.13. The van der Waals surface area contributed by atoms with Gasteiger partial charge in [0.15, 0.2) is 0 Å². The number of para-hydroxylation sites is 1. The van der Waals surface area contributed by atoms with Crippen molar-refractivity contribution in [1.82, 2.24) is 4.57 Å². The normalized spacial score (nSPS) is 11.3. The standard InChI is InChI=1S/C26H22N2O2/c1-3-28-23-11-7-6-10-20(23)21-16-19(12-13-24(21)28)27-26(29)22-14-17-8-4-5-9-18(17)15-25(22)30-2/h4-16H,3H2,1-2H3,(H,27,29). The Hall–Kier alpha value is -3.79. The lowest BCUT2D eigenvalue weighted by Gasteiger charge is -2.11. The molecule has 0 spiro atoms. The van der Waals surface area contributed by atoms with Gasteiger partial charge in [-0.15, -0.1) is 0 Å². The number of nitrogens with zero attached hydrogens (tertiary/aromatic N) is 1. The van der Waals surface area contributed by atoms with Crippen molar-refractivity contribution in [2.45, 2.75) is 13.5 Å². The first-order valence-corrected chi connectivity index (χ1v) is 10.1. The molecule has 0 fully saturated rings. The molecule has 0 saturated heterocycles. The van der Waals surface area contributed by atoms with E-state index in [1.54, 1.807) is 7.11 Å². The van der Waals surface area contributed by atoms with Gasteiger partial charge < -0.3 is 14.6 Å². The second-order valence-corrected chi connectivity index (χ2v) is 7.35. The molecule has 4 heteroatoms. The van der Waals surface area contributed by atoms with Crippen molar-refractivity contribution >= 4 is 44.2 Å². The predicted octanol–water partition coefficient (Wildman–Crippen LogP) is 6.23. The van der Waals surface area contributed by atoms with Crippen LogP contribution in [0.1, 0.15) is 17.3 Å². The Kier molecular flexibility index (Phi) is 4.40. The van der Waals surface area contributed by atoms with E-state index < -0.39 is 0 Å². The second kappa shape index (κ2) is 7.23. The minimum Gasteiger partial charge on any atom is -0.496 e. The number of amides is 1. The van der Waals surface area contributed by atoms with Gasteiger partial charge in [-0.1, -0.05) is 42.5 Å². The minimum atomic E-state index is -0.184. The first-order chi connectivity index (χ1) is 14.7. The van der Waals surface area contributed by atoms with E-state index in [0.717, 1.165) is 28.4 Å². The number of nitrogens with one attached hydrogen (secondary N) is 1. The number of anilines is 1. The lowest BCUT2D eigenvalue weighted by atomic mass is 10.0. The highest BCUT2D eigenvalue weighted by molar-refractivity contribution is 6.12. The summed E-state index contributed by atoms with van der Waals surface area (Å²) >= 11 is 0. The fourth-order valence-electron chi connectivity index (χ4n) is 4.24. The highest BCUT2D eigenvalue weighted by Crippen LogP contribution is 2.32. The van der Waals surface area contributed by atoms with Crippen molar-refractivity contribution in [3.05, 3.63) is 84.4 Å². The Morgan fingerprint density at radius 3 is 2.33 bits per heavy atom. The average Bonchev–Trinajstić information content (AvgIpc) is 3.11. The van der Waals surface area contributed by atoms with Gasteiger partial charge in [-0.05, 0) is 54.1 Å². The molecule has 0 aliphatic carbocycles. The van der Waals surface area contributed by atoms with Crippen LogP contribution in [-0.2, 0) is 6.54 Å². The van der Waals surface area contributed by atoms with Gasteiger partial charge in [0.2, 0.25) is 0 Å². The SMILES string of the molecule is CCn1c2ccccc2c2cc(NC(=O)c3cc4ccccc4cc3OC)ccc21. The highest BCUT2D eigenvalue weighted by Gasteiger charge is 2.15.